The van der Waals surface area contributed by atoms with Crippen molar-refractivity contribution in [3.63, 3.8) is 0 Å². The van der Waals surface area contributed by atoms with Crippen LogP contribution in [0.25, 0.3) is 0 Å². The van der Waals surface area contributed by atoms with Crippen LogP contribution < -0.4 is 11.1 Å². The minimum Gasteiger partial charge on any atom is -0.370 e. The Hall–Kier alpha value is -1.85. The second kappa shape index (κ2) is 7.81. The van der Waals surface area contributed by atoms with Gasteiger partial charge in [-0.05, 0) is 31.1 Å². The smallest absolute Gasteiger partial charge is 0.188 e. The zero-order valence-electron chi connectivity index (χ0n) is 12.5. The van der Waals surface area contributed by atoms with Crippen LogP contribution in [0.5, 0.6) is 0 Å². The molecule has 0 fully saturated rings. The third-order valence-corrected chi connectivity index (χ3v) is 4.22. The van der Waals surface area contributed by atoms with Crippen LogP contribution in [0.15, 0.2) is 52.8 Å². The number of benzene rings is 1. The van der Waals surface area contributed by atoms with Crippen molar-refractivity contribution >= 4 is 17.3 Å². The summed E-state index contributed by atoms with van der Waals surface area (Å²) in [5.41, 5.74) is 7.10. The molecule has 0 unspecified atom stereocenters. The highest BCUT2D eigenvalue weighted by Crippen LogP contribution is 2.22. The predicted octanol–water partition coefficient (Wildman–Crippen LogP) is 2.46. The zero-order chi connectivity index (χ0) is 15.1. The Morgan fingerprint density at radius 2 is 2.00 bits per heavy atom. The maximum Gasteiger partial charge on any atom is 0.188 e. The summed E-state index contributed by atoms with van der Waals surface area (Å²) in [7, 11) is 4.15. The maximum atomic E-state index is 5.95. The summed E-state index contributed by atoms with van der Waals surface area (Å²) in [6.45, 7) is 1.35. The van der Waals surface area contributed by atoms with E-state index in [2.05, 4.69) is 46.8 Å². The number of nitrogens with one attached hydrogen (secondary N) is 1. The van der Waals surface area contributed by atoms with Gasteiger partial charge < -0.3 is 16.0 Å². The molecule has 0 bridgehead atoms. The van der Waals surface area contributed by atoms with Crippen LogP contribution >= 0.6 is 11.3 Å². The number of nitrogens with two attached hydrogens (primary N) is 1. The number of hydrogen-bond donors (Lipinski definition) is 2. The summed E-state index contributed by atoms with van der Waals surface area (Å²) in [6.07, 6.45) is 0. The van der Waals surface area contributed by atoms with E-state index in [9.17, 15) is 0 Å². The number of guanidine groups is 1. The van der Waals surface area contributed by atoms with Gasteiger partial charge in [-0.2, -0.15) is 0 Å². The van der Waals surface area contributed by atoms with Crippen molar-refractivity contribution in [3.8, 4) is 0 Å². The number of aliphatic imine (C=N–C) groups is 1. The van der Waals surface area contributed by atoms with Gasteiger partial charge in [-0.15, -0.1) is 11.3 Å². The van der Waals surface area contributed by atoms with Crippen LogP contribution in [0.4, 0.5) is 0 Å². The highest BCUT2D eigenvalue weighted by Gasteiger charge is 2.14. The number of thiophene rings is 1. The number of rotatable bonds is 6. The molecule has 1 atom stereocenters. The molecule has 1 heterocycles. The number of hydrogen-bond acceptors (Lipinski definition) is 3. The molecule has 3 N–H and O–H groups in total. The van der Waals surface area contributed by atoms with Crippen LogP contribution in [0.3, 0.4) is 0 Å². The lowest BCUT2D eigenvalue weighted by Gasteiger charge is -2.23. The molecule has 1 aromatic carbocycles. The SMILES string of the molecule is CN(C)[C@@H](CNC(N)=NCc1ccccc1)c1cccs1. The first-order chi connectivity index (χ1) is 10.2. The fourth-order valence-corrected chi connectivity index (χ4v) is 2.96. The molecule has 5 heteroatoms. The average molecular weight is 302 g/mol. The zero-order valence-corrected chi connectivity index (χ0v) is 13.3. The second-order valence-corrected chi connectivity index (χ2v) is 6.04. The Labute approximate surface area is 130 Å². The molecule has 4 nitrogen and oxygen atoms in total. The van der Waals surface area contributed by atoms with E-state index in [4.69, 9.17) is 5.73 Å². The third-order valence-electron chi connectivity index (χ3n) is 3.25. The van der Waals surface area contributed by atoms with Crippen molar-refractivity contribution in [1.82, 2.24) is 10.2 Å². The first-order valence-corrected chi connectivity index (χ1v) is 7.82. The maximum absolute atomic E-state index is 5.95. The minimum atomic E-state index is 0.301. The molecule has 1 aromatic heterocycles. The summed E-state index contributed by atoms with van der Waals surface area (Å²) in [6, 6.07) is 14.6. The summed E-state index contributed by atoms with van der Waals surface area (Å²) in [5, 5.41) is 5.31. The van der Waals surface area contributed by atoms with Crippen LogP contribution in [-0.2, 0) is 6.54 Å². The molecular weight excluding hydrogens is 280 g/mol. The summed E-state index contributed by atoms with van der Waals surface area (Å²) < 4.78 is 0. The molecule has 0 spiro atoms. The van der Waals surface area contributed by atoms with Crippen LogP contribution in [0, 0.1) is 0 Å². The van der Waals surface area contributed by atoms with Crippen LogP contribution in [0.2, 0.25) is 0 Å². The molecule has 21 heavy (non-hydrogen) atoms. The fraction of sp³-hybridized carbons (Fsp3) is 0.312. The van der Waals surface area contributed by atoms with Crippen LogP contribution in [-0.4, -0.2) is 31.5 Å². The Morgan fingerprint density at radius 1 is 1.24 bits per heavy atom. The molecule has 2 aromatic rings. The molecule has 0 radical (unpaired) electrons. The Morgan fingerprint density at radius 3 is 2.62 bits per heavy atom. The largest absolute Gasteiger partial charge is 0.370 e. The molecule has 0 saturated heterocycles. The minimum absolute atomic E-state index is 0.301. The normalized spacial score (nSPS) is 13.4. The third kappa shape index (κ3) is 4.88. The number of likely N-dealkylation sites (N-methyl/N-ethyl adjacent to an activating group) is 1. The van der Waals surface area contributed by atoms with E-state index >= 15 is 0 Å². The van der Waals surface area contributed by atoms with Gasteiger partial charge in [0.15, 0.2) is 5.96 Å². The van der Waals surface area contributed by atoms with E-state index in [1.165, 1.54) is 4.88 Å². The molecule has 0 aliphatic carbocycles. The summed E-state index contributed by atoms with van der Waals surface area (Å²) >= 11 is 1.76. The molecule has 0 aliphatic heterocycles. The quantitative estimate of drug-likeness (QED) is 0.636. The monoisotopic (exact) mass is 302 g/mol. The van der Waals surface area contributed by atoms with Gasteiger partial charge in [-0.1, -0.05) is 36.4 Å². The van der Waals surface area contributed by atoms with Crippen molar-refractivity contribution in [1.29, 1.82) is 0 Å². The van der Waals surface area contributed by atoms with Crippen molar-refractivity contribution in [2.24, 2.45) is 10.7 Å². The number of nitrogens with zero attached hydrogens (tertiary/aromatic N) is 2. The van der Waals surface area contributed by atoms with Gasteiger partial charge in [-0.3, -0.25) is 0 Å². The van der Waals surface area contributed by atoms with Gasteiger partial charge in [0.1, 0.15) is 0 Å². The van der Waals surface area contributed by atoms with Gasteiger partial charge in [0.05, 0.1) is 12.6 Å². The van der Waals surface area contributed by atoms with Crippen molar-refractivity contribution in [2.75, 3.05) is 20.6 Å². The second-order valence-electron chi connectivity index (χ2n) is 5.06. The van der Waals surface area contributed by atoms with Gasteiger partial charge >= 0.3 is 0 Å². The van der Waals surface area contributed by atoms with Gasteiger partial charge in [0.2, 0.25) is 0 Å². The predicted molar refractivity (Wildman–Crippen MR) is 90.5 cm³/mol. The highest BCUT2D eigenvalue weighted by atomic mass is 32.1. The fourth-order valence-electron chi connectivity index (χ4n) is 2.04. The lowest BCUT2D eigenvalue weighted by molar-refractivity contribution is 0.303. The first-order valence-electron chi connectivity index (χ1n) is 6.94. The lowest BCUT2D eigenvalue weighted by Crippen LogP contribution is -2.38. The molecule has 0 amide bonds. The molecule has 0 aliphatic rings. The van der Waals surface area contributed by atoms with E-state index in [-0.39, 0.29) is 0 Å². The molecule has 0 saturated carbocycles. The summed E-state index contributed by atoms with van der Waals surface area (Å²) in [4.78, 5) is 7.88. The Kier molecular flexibility index (Phi) is 5.78. The van der Waals surface area contributed by atoms with Gasteiger partial charge in [0.25, 0.3) is 0 Å². The standard InChI is InChI=1S/C16H22N4S/c1-20(2)14(15-9-6-10-21-15)12-19-16(17)18-11-13-7-4-3-5-8-13/h3-10,14H,11-12H2,1-2H3,(H3,17,18,19)/t14-/m0/s1. The highest BCUT2D eigenvalue weighted by molar-refractivity contribution is 7.10. The molecular formula is C16H22N4S. The van der Waals surface area contributed by atoms with E-state index in [1.54, 1.807) is 11.3 Å². The lowest BCUT2D eigenvalue weighted by atomic mass is 10.2. The van der Waals surface area contributed by atoms with Gasteiger partial charge in [-0.25, -0.2) is 4.99 Å². The van der Waals surface area contributed by atoms with Gasteiger partial charge in [0, 0.05) is 11.4 Å². The summed E-state index contributed by atoms with van der Waals surface area (Å²) in [5.74, 6) is 0.488. The first kappa shape index (κ1) is 15.5. The Balaban J connectivity index is 1.88. The average Bonchev–Trinajstić information content (AvgIpc) is 3.00. The molecule has 2 rings (SSSR count). The van der Waals surface area contributed by atoms with Crippen molar-refractivity contribution in [2.45, 2.75) is 12.6 Å². The topological polar surface area (TPSA) is 53.6 Å². The van der Waals surface area contributed by atoms with Crippen molar-refractivity contribution in [3.05, 3.63) is 58.3 Å². The van der Waals surface area contributed by atoms with Crippen LogP contribution in [0.1, 0.15) is 16.5 Å². The van der Waals surface area contributed by atoms with E-state index in [0.717, 1.165) is 12.1 Å². The van der Waals surface area contributed by atoms with Crippen molar-refractivity contribution < 1.29 is 0 Å². The molecule has 112 valence electrons. The van der Waals surface area contributed by atoms with E-state index in [0.29, 0.717) is 18.5 Å². The van der Waals surface area contributed by atoms with E-state index < -0.39 is 0 Å². The van der Waals surface area contributed by atoms with E-state index in [1.807, 2.05) is 30.3 Å². The Bertz CT molecular complexity index is 549.